The maximum Gasteiger partial charge on any atom is 0.173 e. The number of nitrogens with zero attached hydrogens (tertiary/aromatic N) is 2. The summed E-state index contributed by atoms with van der Waals surface area (Å²) >= 11 is 0. The summed E-state index contributed by atoms with van der Waals surface area (Å²) in [5, 5.41) is 3.16. The van der Waals surface area contributed by atoms with Gasteiger partial charge in [-0.1, -0.05) is 6.92 Å². The third-order valence-corrected chi connectivity index (χ3v) is 2.23. The standard InChI is InChI=1S/C11H19N3O2/c1-5-9-6-10(14-8(2)13-9)12-7-11(15-3)16-4/h6,11H,5,7H2,1-4H3,(H,12,13,14). The molecule has 1 aromatic rings. The summed E-state index contributed by atoms with van der Waals surface area (Å²) in [5.74, 6) is 1.58. The van der Waals surface area contributed by atoms with Gasteiger partial charge in [-0.2, -0.15) is 0 Å². The van der Waals surface area contributed by atoms with Crippen LogP contribution in [0.1, 0.15) is 18.4 Å². The molecule has 0 fully saturated rings. The number of aryl methyl sites for hydroxylation is 2. The summed E-state index contributed by atoms with van der Waals surface area (Å²) < 4.78 is 10.2. The first kappa shape index (κ1) is 12.9. The molecule has 1 N–H and O–H groups in total. The summed E-state index contributed by atoms with van der Waals surface area (Å²) in [6, 6.07) is 1.94. The van der Waals surface area contributed by atoms with E-state index in [1.54, 1.807) is 14.2 Å². The molecule has 0 bridgehead atoms. The molecule has 0 amide bonds. The van der Waals surface area contributed by atoms with E-state index in [9.17, 15) is 0 Å². The highest BCUT2D eigenvalue weighted by atomic mass is 16.7. The smallest absolute Gasteiger partial charge is 0.173 e. The molecule has 5 nitrogen and oxygen atoms in total. The Labute approximate surface area is 96.2 Å². The summed E-state index contributed by atoms with van der Waals surface area (Å²) in [6.45, 7) is 4.51. The maximum absolute atomic E-state index is 5.08. The fourth-order valence-electron chi connectivity index (χ4n) is 1.35. The lowest BCUT2D eigenvalue weighted by Gasteiger charge is -2.14. The van der Waals surface area contributed by atoms with Gasteiger partial charge in [-0.05, 0) is 13.3 Å². The Balaban J connectivity index is 2.62. The number of aromatic nitrogens is 2. The van der Waals surface area contributed by atoms with Crippen LogP contribution in [-0.2, 0) is 15.9 Å². The molecule has 0 aliphatic rings. The van der Waals surface area contributed by atoms with Gasteiger partial charge in [0.2, 0.25) is 0 Å². The summed E-state index contributed by atoms with van der Waals surface area (Å²) in [4.78, 5) is 8.60. The number of anilines is 1. The average molecular weight is 225 g/mol. The van der Waals surface area contributed by atoms with E-state index in [0.29, 0.717) is 6.54 Å². The molecule has 0 unspecified atom stereocenters. The van der Waals surface area contributed by atoms with Crippen LogP contribution in [-0.4, -0.2) is 37.0 Å². The topological polar surface area (TPSA) is 56.3 Å². The number of hydrogen-bond donors (Lipinski definition) is 1. The van der Waals surface area contributed by atoms with E-state index in [2.05, 4.69) is 22.2 Å². The van der Waals surface area contributed by atoms with Gasteiger partial charge in [0.15, 0.2) is 6.29 Å². The molecule has 1 rings (SSSR count). The van der Waals surface area contributed by atoms with Crippen molar-refractivity contribution in [2.45, 2.75) is 26.6 Å². The third kappa shape index (κ3) is 3.75. The van der Waals surface area contributed by atoms with Crippen LogP contribution in [0.25, 0.3) is 0 Å². The van der Waals surface area contributed by atoms with E-state index >= 15 is 0 Å². The second-order valence-corrected chi connectivity index (χ2v) is 3.43. The lowest BCUT2D eigenvalue weighted by Crippen LogP contribution is -2.24. The Bertz CT molecular complexity index is 327. The minimum Gasteiger partial charge on any atom is -0.365 e. The first-order valence-electron chi connectivity index (χ1n) is 5.33. The van der Waals surface area contributed by atoms with Crippen molar-refractivity contribution < 1.29 is 9.47 Å². The van der Waals surface area contributed by atoms with Crippen LogP contribution in [0.4, 0.5) is 5.82 Å². The van der Waals surface area contributed by atoms with Crippen LogP contribution in [0, 0.1) is 6.92 Å². The molecular formula is C11H19N3O2. The zero-order valence-corrected chi connectivity index (χ0v) is 10.3. The highest BCUT2D eigenvalue weighted by Crippen LogP contribution is 2.07. The van der Waals surface area contributed by atoms with Crippen molar-refractivity contribution in [2.75, 3.05) is 26.1 Å². The average Bonchev–Trinajstić information content (AvgIpc) is 2.29. The fraction of sp³-hybridized carbons (Fsp3) is 0.636. The Kier molecular flexibility index (Phi) is 5.14. The van der Waals surface area contributed by atoms with E-state index in [1.165, 1.54) is 0 Å². The maximum atomic E-state index is 5.08. The Morgan fingerprint density at radius 3 is 2.56 bits per heavy atom. The highest BCUT2D eigenvalue weighted by Gasteiger charge is 2.06. The minimum absolute atomic E-state index is 0.264. The van der Waals surface area contributed by atoms with Gasteiger partial charge in [-0.15, -0.1) is 0 Å². The van der Waals surface area contributed by atoms with Gasteiger partial charge in [-0.25, -0.2) is 9.97 Å². The van der Waals surface area contributed by atoms with Gasteiger partial charge >= 0.3 is 0 Å². The predicted molar refractivity (Wildman–Crippen MR) is 62.4 cm³/mol. The summed E-state index contributed by atoms with van der Waals surface area (Å²) in [7, 11) is 3.22. The van der Waals surface area contributed by atoms with Crippen molar-refractivity contribution in [1.29, 1.82) is 0 Å². The van der Waals surface area contributed by atoms with Gasteiger partial charge in [-0.3, -0.25) is 0 Å². The molecule has 1 aromatic heterocycles. The number of rotatable bonds is 6. The van der Waals surface area contributed by atoms with E-state index < -0.39 is 0 Å². The molecule has 0 aliphatic carbocycles. The van der Waals surface area contributed by atoms with Crippen molar-refractivity contribution in [2.24, 2.45) is 0 Å². The largest absolute Gasteiger partial charge is 0.365 e. The Morgan fingerprint density at radius 1 is 1.31 bits per heavy atom. The van der Waals surface area contributed by atoms with Gasteiger partial charge in [0.25, 0.3) is 0 Å². The quantitative estimate of drug-likeness (QED) is 0.741. The van der Waals surface area contributed by atoms with E-state index in [0.717, 1.165) is 23.8 Å². The lowest BCUT2D eigenvalue weighted by atomic mass is 10.3. The van der Waals surface area contributed by atoms with Crippen LogP contribution in [0.2, 0.25) is 0 Å². The normalized spacial score (nSPS) is 10.8. The molecule has 0 atom stereocenters. The van der Waals surface area contributed by atoms with Crippen LogP contribution in [0.5, 0.6) is 0 Å². The highest BCUT2D eigenvalue weighted by molar-refractivity contribution is 5.36. The van der Waals surface area contributed by atoms with E-state index in [1.807, 2.05) is 13.0 Å². The van der Waals surface area contributed by atoms with Gasteiger partial charge in [0.1, 0.15) is 11.6 Å². The van der Waals surface area contributed by atoms with E-state index in [-0.39, 0.29) is 6.29 Å². The molecular weight excluding hydrogens is 206 g/mol. The first-order valence-corrected chi connectivity index (χ1v) is 5.33. The second-order valence-electron chi connectivity index (χ2n) is 3.43. The molecule has 0 radical (unpaired) electrons. The lowest BCUT2D eigenvalue weighted by molar-refractivity contribution is -0.0914. The molecule has 16 heavy (non-hydrogen) atoms. The van der Waals surface area contributed by atoms with Gasteiger partial charge < -0.3 is 14.8 Å². The monoisotopic (exact) mass is 225 g/mol. The first-order chi connectivity index (χ1) is 7.69. The van der Waals surface area contributed by atoms with Crippen molar-refractivity contribution in [1.82, 2.24) is 9.97 Å². The predicted octanol–water partition coefficient (Wildman–Crippen LogP) is 1.38. The zero-order valence-electron chi connectivity index (χ0n) is 10.3. The molecule has 0 aliphatic heterocycles. The van der Waals surface area contributed by atoms with Crippen molar-refractivity contribution in [3.05, 3.63) is 17.6 Å². The molecule has 0 aromatic carbocycles. The van der Waals surface area contributed by atoms with Crippen LogP contribution >= 0.6 is 0 Å². The number of ether oxygens (including phenoxy) is 2. The molecule has 0 spiro atoms. The Morgan fingerprint density at radius 2 is 2.00 bits per heavy atom. The van der Waals surface area contributed by atoms with Crippen LogP contribution in [0.3, 0.4) is 0 Å². The fourth-order valence-corrected chi connectivity index (χ4v) is 1.35. The summed E-state index contributed by atoms with van der Waals surface area (Å²) in [6.07, 6.45) is 0.635. The molecule has 0 saturated carbocycles. The van der Waals surface area contributed by atoms with Crippen molar-refractivity contribution in [3.8, 4) is 0 Å². The molecule has 5 heteroatoms. The van der Waals surface area contributed by atoms with Crippen LogP contribution < -0.4 is 5.32 Å². The second kappa shape index (κ2) is 6.40. The number of nitrogens with one attached hydrogen (secondary N) is 1. The van der Waals surface area contributed by atoms with E-state index in [4.69, 9.17) is 9.47 Å². The van der Waals surface area contributed by atoms with Gasteiger partial charge in [0.05, 0.1) is 6.54 Å². The molecule has 0 saturated heterocycles. The molecule has 90 valence electrons. The third-order valence-electron chi connectivity index (χ3n) is 2.23. The summed E-state index contributed by atoms with van der Waals surface area (Å²) in [5.41, 5.74) is 1.03. The molecule has 1 heterocycles. The SMILES string of the molecule is CCc1cc(NCC(OC)OC)nc(C)n1. The number of hydrogen-bond acceptors (Lipinski definition) is 5. The zero-order chi connectivity index (χ0) is 12.0. The van der Waals surface area contributed by atoms with Crippen LogP contribution in [0.15, 0.2) is 6.07 Å². The van der Waals surface area contributed by atoms with Crippen molar-refractivity contribution in [3.63, 3.8) is 0 Å². The Hall–Kier alpha value is -1.20. The number of methoxy groups -OCH3 is 2. The minimum atomic E-state index is -0.264. The van der Waals surface area contributed by atoms with Gasteiger partial charge in [0, 0.05) is 26.0 Å². The van der Waals surface area contributed by atoms with Crippen molar-refractivity contribution >= 4 is 5.82 Å².